The highest BCUT2D eigenvalue weighted by Crippen LogP contribution is 2.40. The lowest BCUT2D eigenvalue weighted by molar-refractivity contribution is 0.395. The Morgan fingerprint density at radius 1 is 1.00 bits per heavy atom. The molecule has 4 rings (SSSR count). The number of rotatable bonds is 7. The summed E-state index contributed by atoms with van der Waals surface area (Å²) >= 11 is 0. The van der Waals surface area contributed by atoms with Crippen molar-refractivity contribution >= 4 is 17.5 Å². The monoisotopic (exact) mass is 326 g/mol. The van der Waals surface area contributed by atoms with Crippen molar-refractivity contribution in [2.75, 3.05) is 24.9 Å². The van der Waals surface area contributed by atoms with Crippen LogP contribution in [0.25, 0.3) is 0 Å². The Morgan fingerprint density at radius 3 is 2.50 bits per heavy atom. The van der Waals surface area contributed by atoms with Crippen LogP contribution >= 0.6 is 0 Å². The van der Waals surface area contributed by atoms with Crippen molar-refractivity contribution in [3.63, 3.8) is 0 Å². The Labute approximate surface area is 141 Å². The van der Waals surface area contributed by atoms with Crippen LogP contribution in [0.4, 0.5) is 17.5 Å². The molecule has 0 radical (unpaired) electrons. The second kappa shape index (κ2) is 6.19. The fourth-order valence-corrected chi connectivity index (χ4v) is 2.63. The van der Waals surface area contributed by atoms with Crippen molar-refractivity contribution in [1.29, 1.82) is 0 Å². The van der Waals surface area contributed by atoms with Gasteiger partial charge < -0.3 is 20.1 Å². The SMILES string of the molecule is COc1ccc(Nc2cc(C3CC3)nc(NC3CC3)n2)c(OC)c1. The van der Waals surface area contributed by atoms with Gasteiger partial charge in [-0.2, -0.15) is 4.98 Å². The van der Waals surface area contributed by atoms with Crippen LogP contribution < -0.4 is 20.1 Å². The Balaban J connectivity index is 1.62. The van der Waals surface area contributed by atoms with Crippen LogP contribution in [-0.2, 0) is 0 Å². The fourth-order valence-electron chi connectivity index (χ4n) is 2.63. The predicted molar refractivity (Wildman–Crippen MR) is 93.5 cm³/mol. The highest BCUT2D eigenvalue weighted by atomic mass is 16.5. The molecule has 2 N–H and O–H groups in total. The number of methoxy groups -OCH3 is 2. The highest BCUT2D eigenvalue weighted by molar-refractivity contribution is 5.66. The summed E-state index contributed by atoms with van der Waals surface area (Å²) in [6.45, 7) is 0. The van der Waals surface area contributed by atoms with E-state index in [1.165, 1.54) is 25.7 Å². The number of ether oxygens (including phenoxy) is 2. The van der Waals surface area contributed by atoms with Crippen LogP contribution in [0, 0.1) is 0 Å². The molecule has 0 aliphatic heterocycles. The van der Waals surface area contributed by atoms with Crippen molar-refractivity contribution in [3.8, 4) is 11.5 Å². The summed E-state index contributed by atoms with van der Waals surface area (Å²) < 4.78 is 10.7. The van der Waals surface area contributed by atoms with Gasteiger partial charge in [-0.25, -0.2) is 4.98 Å². The zero-order chi connectivity index (χ0) is 16.5. The van der Waals surface area contributed by atoms with E-state index in [9.17, 15) is 0 Å². The molecule has 6 heteroatoms. The number of benzene rings is 1. The zero-order valence-corrected chi connectivity index (χ0v) is 14.0. The molecule has 0 bridgehead atoms. The molecule has 126 valence electrons. The second-order valence-corrected chi connectivity index (χ2v) is 6.39. The van der Waals surface area contributed by atoms with Crippen molar-refractivity contribution in [3.05, 3.63) is 30.0 Å². The lowest BCUT2D eigenvalue weighted by Crippen LogP contribution is -2.08. The van der Waals surface area contributed by atoms with Gasteiger partial charge in [0.15, 0.2) is 0 Å². The molecule has 2 aliphatic carbocycles. The Kier molecular flexibility index (Phi) is 3.88. The normalized spacial score (nSPS) is 16.6. The van der Waals surface area contributed by atoms with E-state index < -0.39 is 0 Å². The summed E-state index contributed by atoms with van der Waals surface area (Å²) in [7, 11) is 3.29. The standard InChI is InChI=1S/C18H22N4O2/c1-23-13-7-8-14(16(9-13)24-2)20-17-10-15(11-3-4-11)21-18(22-17)19-12-5-6-12/h7-12H,3-6H2,1-2H3,(H2,19,20,21,22). The third kappa shape index (κ3) is 3.37. The molecular formula is C18H22N4O2. The summed E-state index contributed by atoms with van der Waals surface area (Å²) in [5.41, 5.74) is 1.97. The number of nitrogens with zero attached hydrogens (tertiary/aromatic N) is 2. The van der Waals surface area contributed by atoms with E-state index in [4.69, 9.17) is 9.47 Å². The quantitative estimate of drug-likeness (QED) is 0.809. The van der Waals surface area contributed by atoms with Gasteiger partial charge >= 0.3 is 0 Å². The first-order chi connectivity index (χ1) is 11.7. The van der Waals surface area contributed by atoms with Gasteiger partial charge in [0.1, 0.15) is 17.3 Å². The minimum atomic E-state index is 0.530. The molecule has 2 aromatic rings. The second-order valence-electron chi connectivity index (χ2n) is 6.39. The van der Waals surface area contributed by atoms with Crippen LogP contribution in [-0.4, -0.2) is 30.2 Å². The number of nitrogens with one attached hydrogen (secondary N) is 2. The van der Waals surface area contributed by atoms with E-state index in [2.05, 4.69) is 20.6 Å². The van der Waals surface area contributed by atoms with Crippen LogP contribution in [0.2, 0.25) is 0 Å². The Hall–Kier alpha value is -2.50. The molecular weight excluding hydrogens is 304 g/mol. The van der Waals surface area contributed by atoms with E-state index in [1.807, 2.05) is 24.3 Å². The molecule has 2 saturated carbocycles. The van der Waals surface area contributed by atoms with E-state index in [1.54, 1.807) is 14.2 Å². The first-order valence-corrected chi connectivity index (χ1v) is 8.39. The van der Waals surface area contributed by atoms with E-state index in [0.29, 0.717) is 12.0 Å². The molecule has 24 heavy (non-hydrogen) atoms. The topological polar surface area (TPSA) is 68.3 Å². The number of anilines is 3. The number of aromatic nitrogens is 2. The van der Waals surface area contributed by atoms with Gasteiger partial charge in [0.05, 0.1) is 25.6 Å². The van der Waals surface area contributed by atoms with Crippen LogP contribution in [0.5, 0.6) is 11.5 Å². The van der Waals surface area contributed by atoms with Gasteiger partial charge in [-0.3, -0.25) is 0 Å². The third-order valence-corrected chi connectivity index (χ3v) is 4.32. The summed E-state index contributed by atoms with van der Waals surface area (Å²) in [4.78, 5) is 9.29. The summed E-state index contributed by atoms with van der Waals surface area (Å²) in [6, 6.07) is 8.26. The van der Waals surface area contributed by atoms with Crippen LogP contribution in [0.3, 0.4) is 0 Å². The van der Waals surface area contributed by atoms with Crippen molar-refractivity contribution in [2.24, 2.45) is 0 Å². The average Bonchev–Trinajstić information content (AvgIpc) is 3.48. The van der Waals surface area contributed by atoms with Crippen molar-refractivity contribution < 1.29 is 9.47 Å². The predicted octanol–water partition coefficient (Wildman–Crippen LogP) is 3.69. The van der Waals surface area contributed by atoms with Gasteiger partial charge in [-0.05, 0) is 37.8 Å². The minimum absolute atomic E-state index is 0.530. The van der Waals surface area contributed by atoms with Gasteiger partial charge in [0, 0.05) is 24.1 Å². The van der Waals surface area contributed by atoms with Gasteiger partial charge in [0.2, 0.25) is 5.95 Å². The third-order valence-electron chi connectivity index (χ3n) is 4.32. The first kappa shape index (κ1) is 15.1. The first-order valence-electron chi connectivity index (χ1n) is 8.39. The molecule has 0 saturated heterocycles. The van der Waals surface area contributed by atoms with Crippen LogP contribution in [0.1, 0.15) is 37.3 Å². The molecule has 0 atom stereocenters. The molecule has 0 unspecified atom stereocenters. The summed E-state index contributed by atoms with van der Waals surface area (Å²) in [5.74, 6) is 3.56. The van der Waals surface area contributed by atoms with Crippen LogP contribution in [0.15, 0.2) is 24.3 Å². The maximum absolute atomic E-state index is 5.45. The van der Waals surface area contributed by atoms with E-state index >= 15 is 0 Å². The maximum atomic E-state index is 5.45. The zero-order valence-electron chi connectivity index (χ0n) is 14.0. The maximum Gasteiger partial charge on any atom is 0.225 e. The molecule has 1 heterocycles. The van der Waals surface area contributed by atoms with Crippen molar-refractivity contribution in [2.45, 2.75) is 37.6 Å². The van der Waals surface area contributed by atoms with Crippen molar-refractivity contribution in [1.82, 2.24) is 9.97 Å². The number of hydrogen-bond donors (Lipinski definition) is 2. The Morgan fingerprint density at radius 2 is 1.83 bits per heavy atom. The molecule has 0 spiro atoms. The van der Waals surface area contributed by atoms with E-state index in [-0.39, 0.29) is 0 Å². The summed E-state index contributed by atoms with van der Waals surface area (Å²) in [6.07, 6.45) is 4.83. The summed E-state index contributed by atoms with van der Waals surface area (Å²) in [5, 5.41) is 6.76. The smallest absolute Gasteiger partial charge is 0.225 e. The van der Waals surface area contributed by atoms with Gasteiger partial charge in [0.25, 0.3) is 0 Å². The highest BCUT2D eigenvalue weighted by Gasteiger charge is 2.28. The molecule has 1 aromatic heterocycles. The van der Waals surface area contributed by atoms with Gasteiger partial charge in [-0.15, -0.1) is 0 Å². The lowest BCUT2D eigenvalue weighted by atomic mass is 10.2. The largest absolute Gasteiger partial charge is 0.497 e. The molecule has 0 amide bonds. The minimum Gasteiger partial charge on any atom is -0.497 e. The average molecular weight is 326 g/mol. The van der Waals surface area contributed by atoms with E-state index in [0.717, 1.165) is 34.6 Å². The molecule has 2 fully saturated rings. The molecule has 2 aliphatic rings. The Bertz CT molecular complexity index is 742. The molecule has 1 aromatic carbocycles. The fraction of sp³-hybridized carbons (Fsp3) is 0.444. The number of hydrogen-bond acceptors (Lipinski definition) is 6. The molecule has 6 nitrogen and oxygen atoms in total. The lowest BCUT2D eigenvalue weighted by Gasteiger charge is -2.14. The van der Waals surface area contributed by atoms with Gasteiger partial charge in [-0.1, -0.05) is 0 Å².